The summed E-state index contributed by atoms with van der Waals surface area (Å²) in [5, 5.41) is 3.13. The molecule has 10 heteroatoms. The number of rotatable bonds is 6. The number of aromatic amines is 1. The second-order valence-electron chi connectivity index (χ2n) is 8.95. The van der Waals surface area contributed by atoms with E-state index in [4.69, 9.17) is 9.47 Å². The van der Waals surface area contributed by atoms with Gasteiger partial charge in [-0.25, -0.2) is 14.6 Å². The number of H-pyrrole nitrogens is 1. The fraction of sp³-hybridized carbons (Fsp3) is 0.138. The summed E-state index contributed by atoms with van der Waals surface area (Å²) in [4.78, 5) is 50.9. The third-order valence-corrected chi connectivity index (χ3v) is 7.72. The summed E-state index contributed by atoms with van der Waals surface area (Å²) in [7, 11) is 1.31. The Morgan fingerprint density at radius 2 is 1.92 bits per heavy atom. The number of hydrogen-bond acceptors (Lipinski definition) is 8. The van der Waals surface area contributed by atoms with Gasteiger partial charge in [0.15, 0.2) is 6.61 Å². The minimum atomic E-state index is -0.655. The molecule has 0 radical (unpaired) electrons. The molecular formula is C29H22N4O5S. The van der Waals surface area contributed by atoms with Gasteiger partial charge in [0, 0.05) is 22.8 Å². The van der Waals surface area contributed by atoms with Gasteiger partial charge in [0.1, 0.15) is 10.8 Å². The van der Waals surface area contributed by atoms with Crippen molar-refractivity contribution in [2.75, 3.05) is 19.0 Å². The van der Waals surface area contributed by atoms with Crippen LogP contribution in [0, 0.1) is 0 Å². The lowest BCUT2D eigenvalue weighted by molar-refractivity contribution is -0.119. The van der Waals surface area contributed by atoms with Crippen molar-refractivity contribution >= 4 is 45.2 Å². The van der Waals surface area contributed by atoms with Crippen molar-refractivity contribution in [2.45, 2.75) is 12.8 Å². The first-order valence-corrected chi connectivity index (χ1v) is 13.0. The maximum absolute atomic E-state index is 12.8. The SMILES string of the molecule is COC(=O)c1c(NC(=O)COC(=O)c2ccc3nc(-c4cccnc4)[nH]c3c2)sc2c1CCc1ccccc1-2. The molecule has 0 aliphatic heterocycles. The van der Waals surface area contributed by atoms with Gasteiger partial charge in [-0.15, -0.1) is 11.3 Å². The quantitative estimate of drug-likeness (QED) is 0.291. The summed E-state index contributed by atoms with van der Waals surface area (Å²) in [6.45, 7) is -0.513. The summed E-state index contributed by atoms with van der Waals surface area (Å²) in [5.41, 5.74) is 5.87. The van der Waals surface area contributed by atoms with Crippen LogP contribution in [-0.4, -0.2) is 46.5 Å². The highest BCUT2D eigenvalue weighted by Gasteiger charge is 2.29. The topological polar surface area (TPSA) is 123 Å². The zero-order chi connectivity index (χ0) is 26.9. The van der Waals surface area contributed by atoms with E-state index in [0.29, 0.717) is 33.8 Å². The van der Waals surface area contributed by atoms with Crippen LogP contribution in [0.3, 0.4) is 0 Å². The molecule has 0 fully saturated rings. The molecular weight excluding hydrogens is 516 g/mol. The number of aryl methyl sites for hydroxylation is 1. The molecule has 6 rings (SSSR count). The summed E-state index contributed by atoms with van der Waals surface area (Å²) in [6.07, 6.45) is 4.83. The van der Waals surface area contributed by atoms with Crippen molar-refractivity contribution in [1.82, 2.24) is 15.0 Å². The number of nitrogens with zero attached hydrogens (tertiary/aromatic N) is 2. The predicted molar refractivity (Wildman–Crippen MR) is 147 cm³/mol. The molecule has 9 nitrogen and oxygen atoms in total. The van der Waals surface area contributed by atoms with Crippen LogP contribution in [-0.2, 0) is 27.1 Å². The Morgan fingerprint density at radius 1 is 1.05 bits per heavy atom. The third kappa shape index (κ3) is 4.66. The number of methoxy groups -OCH3 is 1. The summed E-state index contributed by atoms with van der Waals surface area (Å²) in [5.74, 6) is -1.09. The number of benzene rings is 2. The molecule has 39 heavy (non-hydrogen) atoms. The zero-order valence-corrected chi connectivity index (χ0v) is 21.6. The van der Waals surface area contributed by atoms with Crippen LogP contribution in [0.25, 0.3) is 32.9 Å². The van der Waals surface area contributed by atoms with Crippen LogP contribution < -0.4 is 5.32 Å². The molecule has 0 saturated carbocycles. The highest BCUT2D eigenvalue weighted by Crippen LogP contribution is 2.45. The molecule has 1 aliphatic rings. The maximum Gasteiger partial charge on any atom is 0.341 e. The summed E-state index contributed by atoms with van der Waals surface area (Å²) in [6, 6.07) is 16.6. The Morgan fingerprint density at radius 3 is 2.74 bits per heavy atom. The number of anilines is 1. The second kappa shape index (κ2) is 10.1. The second-order valence-corrected chi connectivity index (χ2v) is 9.97. The van der Waals surface area contributed by atoms with Crippen LogP contribution in [0.1, 0.15) is 31.8 Å². The number of amides is 1. The molecule has 2 aromatic carbocycles. The van der Waals surface area contributed by atoms with E-state index >= 15 is 0 Å². The Hall–Kier alpha value is -4.83. The van der Waals surface area contributed by atoms with Crippen LogP contribution in [0.2, 0.25) is 0 Å². The predicted octanol–water partition coefficient (Wildman–Crippen LogP) is 5.03. The fourth-order valence-electron chi connectivity index (χ4n) is 4.70. The van der Waals surface area contributed by atoms with Crippen LogP contribution in [0.4, 0.5) is 5.00 Å². The van der Waals surface area contributed by atoms with Crippen molar-refractivity contribution in [1.29, 1.82) is 0 Å². The highest BCUT2D eigenvalue weighted by molar-refractivity contribution is 7.20. The number of carbonyl (C=O) groups is 3. The number of thiophene rings is 1. The number of aromatic nitrogens is 3. The lowest BCUT2D eigenvalue weighted by atomic mass is 9.89. The molecule has 5 aromatic rings. The van der Waals surface area contributed by atoms with Crippen molar-refractivity contribution in [3.63, 3.8) is 0 Å². The van der Waals surface area contributed by atoms with Gasteiger partial charge in [0.2, 0.25) is 0 Å². The Labute approximate surface area is 226 Å². The van der Waals surface area contributed by atoms with Crippen molar-refractivity contribution in [3.8, 4) is 21.8 Å². The summed E-state index contributed by atoms with van der Waals surface area (Å²) < 4.78 is 10.3. The first-order valence-electron chi connectivity index (χ1n) is 12.2. The molecule has 2 N–H and O–H groups in total. The molecule has 3 heterocycles. The fourth-order valence-corrected chi connectivity index (χ4v) is 6.01. The van der Waals surface area contributed by atoms with Gasteiger partial charge in [0.25, 0.3) is 5.91 Å². The minimum Gasteiger partial charge on any atom is -0.465 e. The number of fused-ring (bicyclic) bond motifs is 4. The Kier molecular flexibility index (Phi) is 6.37. The molecule has 0 saturated heterocycles. The number of carbonyl (C=O) groups excluding carboxylic acids is 3. The van der Waals surface area contributed by atoms with E-state index in [2.05, 4.69) is 26.3 Å². The number of ether oxygens (including phenoxy) is 2. The molecule has 0 unspecified atom stereocenters. The molecule has 0 atom stereocenters. The van der Waals surface area contributed by atoms with Gasteiger partial charge in [-0.2, -0.15) is 0 Å². The molecule has 0 bridgehead atoms. The normalized spacial score (nSPS) is 11.9. The number of pyridine rings is 1. The maximum atomic E-state index is 12.8. The molecule has 0 spiro atoms. The van der Waals surface area contributed by atoms with Crippen molar-refractivity contribution in [2.24, 2.45) is 0 Å². The van der Waals surface area contributed by atoms with Gasteiger partial charge in [0.05, 0.1) is 29.3 Å². The average molecular weight is 539 g/mol. The van der Waals surface area contributed by atoms with E-state index in [1.165, 1.54) is 24.0 Å². The first kappa shape index (κ1) is 24.5. The Bertz CT molecular complexity index is 1740. The smallest absolute Gasteiger partial charge is 0.341 e. The minimum absolute atomic E-state index is 0.273. The highest BCUT2D eigenvalue weighted by atomic mass is 32.1. The van der Waals surface area contributed by atoms with E-state index in [-0.39, 0.29) is 5.56 Å². The van der Waals surface area contributed by atoms with E-state index in [9.17, 15) is 14.4 Å². The standard InChI is InChI=1S/C29H22N4O5S/c1-37-29(36)24-20-10-8-16-5-2-3-7-19(16)25(20)39-27(24)33-23(34)15-38-28(35)17-9-11-21-22(13-17)32-26(31-21)18-6-4-12-30-14-18/h2-7,9,11-14H,8,10,15H2,1H3,(H,31,32)(H,33,34). The van der Waals surface area contributed by atoms with Crippen LogP contribution >= 0.6 is 11.3 Å². The zero-order valence-electron chi connectivity index (χ0n) is 20.8. The van der Waals surface area contributed by atoms with Gasteiger partial charge < -0.3 is 19.8 Å². The lowest BCUT2D eigenvalue weighted by Crippen LogP contribution is -2.21. The van der Waals surface area contributed by atoms with Gasteiger partial charge in [-0.1, -0.05) is 24.3 Å². The number of hydrogen-bond donors (Lipinski definition) is 2. The Balaban J connectivity index is 1.17. The number of imidazole rings is 1. The first-order chi connectivity index (χ1) is 19.0. The number of nitrogens with one attached hydrogen (secondary N) is 2. The van der Waals surface area contributed by atoms with Crippen LogP contribution in [0.15, 0.2) is 67.0 Å². The summed E-state index contributed by atoms with van der Waals surface area (Å²) >= 11 is 1.32. The van der Waals surface area contributed by atoms with Gasteiger partial charge >= 0.3 is 11.9 Å². The van der Waals surface area contributed by atoms with Crippen molar-refractivity contribution < 1.29 is 23.9 Å². The van der Waals surface area contributed by atoms with Crippen molar-refractivity contribution in [3.05, 3.63) is 89.2 Å². The largest absolute Gasteiger partial charge is 0.465 e. The number of esters is 2. The molecule has 1 amide bonds. The van der Waals surface area contributed by atoms with Crippen LogP contribution in [0.5, 0.6) is 0 Å². The van der Waals surface area contributed by atoms with E-state index in [1.807, 2.05) is 30.3 Å². The molecule has 194 valence electrons. The monoisotopic (exact) mass is 538 g/mol. The average Bonchev–Trinajstić information content (AvgIpc) is 3.57. The lowest BCUT2D eigenvalue weighted by Gasteiger charge is -2.16. The van der Waals surface area contributed by atoms with E-state index in [1.54, 1.807) is 30.6 Å². The van der Waals surface area contributed by atoms with E-state index in [0.717, 1.165) is 28.0 Å². The molecule has 3 aromatic heterocycles. The third-order valence-electron chi connectivity index (χ3n) is 6.54. The molecule has 1 aliphatic carbocycles. The van der Waals surface area contributed by atoms with E-state index < -0.39 is 24.5 Å². The van der Waals surface area contributed by atoms with Gasteiger partial charge in [-0.05, 0) is 59.9 Å². The van der Waals surface area contributed by atoms with Gasteiger partial charge in [-0.3, -0.25) is 9.78 Å².